The molecule has 3 aromatic carbocycles. The predicted molar refractivity (Wildman–Crippen MR) is 149 cm³/mol. The van der Waals surface area contributed by atoms with Crippen LogP contribution in [-0.4, -0.2) is 41.7 Å². The molecule has 1 saturated heterocycles. The monoisotopic (exact) mass is 523 g/mol. The number of carbonyl (C=O) groups is 2. The maximum atomic E-state index is 12.7. The zero-order valence-electron chi connectivity index (χ0n) is 21.3. The summed E-state index contributed by atoms with van der Waals surface area (Å²) in [7, 11) is 0. The Morgan fingerprint density at radius 1 is 0.821 bits per heavy atom. The summed E-state index contributed by atoms with van der Waals surface area (Å²) in [4.78, 5) is 30.5. The maximum Gasteiger partial charge on any atom is 0.335 e. The number of nitrogens with one attached hydrogen (secondary N) is 1. The lowest BCUT2D eigenvalue weighted by Gasteiger charge is -2.32. The number of nitrogens with zero attached hydrogens (tertiary/aromatic N) is 2. The van der Waals surface area contributed by atoms with E-state index < -0.39 is 5.97 Å². The molecular weight excluding hydrogens is 494 g/mol. The Kier molecular flexibility index (Phi) is 8.02. The number of aromatic carboxylic acids is 1. The van der Waals surface area contributed by atoms with Gasteiger partial charge in [-0.2, -0.15) is 0 Å². The van der Waals surface area contributed by atoms with Gasteiger partial charge in [0.05, 0.1) is 24.1 Å². The van der Waals surface area contributed by atoms with Gasteiger partial charge in [0, 0.05) is 18.7 Å². The number of carbonyl (C=O) groups excluding carboxylic acids is 1. The van der Waals surface area contributed by atoms with Gasteiger partial charge in [0.15, 0.2) is 0 Å². The smallest absolute Gasteiger partial charge is 0.335 e. The third-order valence-corrected chi connectivity index (χ3v) is 6.63. The predicted octanol–water partition coefficient (Wildman–Crippen LogP) is 6.12. The number of pyridine rings is 1. The minimum Gasteiger partial charge on any atom is -0.493 e. The quantitative estimate of drug-likeness (QED) is 0.273. The van der Waals surface area contributed by atoms with Crippen LogP contribution >= 0.6 is 0 Å². The molecule has 1 amide bonds. The van der Waals surface area contributed by atoms with Gasteiger partial charge in [0.1, 0.15) is 23.1 Å². The first kappa shape index (κ1) is 25.8. The number of amides is 1. The number of anilines is 2. The van der Waals surface area contributed by atoms with Crippen molar-refractivity contribution < 1.29 is 24.2 Å². The van der Waals surface area contributed by atoms with E-state index in [9.17, 15) is 9.59 Å². The Hall–Kier alpha value is -4.85. The second kappa shape index (κ2) is 12.1. The number of hydrogen-bond acceptors (Lipinski definition) is 6. The zero-order valence-corrected chi connectivity index (χ0v) is 21.3. The summed E-state index contributed by atoms with van der Waals surface area (Å²) in [6, 6.07) is 26.8. The molecule has 0 radical (unpaired) electrons. The van der Waals surface area contributed by atoms with E-state index in [0.717, 1.165) is 37.5 Å². The SMILES string of the molecule is O=C(O)c1ccc(OCC2CCN(c3ccc(NC(=O)c4ccc(Oc5ccccc5)cc4)cn3)CC2)cc1. The summed E-state index contributed by atoms with van der Waals surface area (Å²) in [6.45, 7) is 2.32. The molecule has 198 valence electrons. The molecule has 1 aliphatic rings. The number of ether oxygens (including phenoxy) is 2. The number of carboxylic acid groups (broad SMARTS) is 1. The summed E-state index contributed by atoms with van der Waals surface area (Å²) < 4.78 is 11.7. The molecule has 8 heteroatoms. The van der Waals surface area contributed by atoms with E-state index in [1.54, 1.807) is 54.7 Å². The molecule has 0 atom stereocenters. The first-order chi connectivity index (χ1) is 19.0. The Labute approximate surface area is 226 Å². The van der Waals surface area contributed by atoms with Gasteiger partial charge in [-0.3, -0.25) is 4.79 Å². The molecule has 2 heterocycles. The van der Waals surface area contributed by atoms with E-state index in [4.69, 9.17) is 14.6 Å². The van der Waals surface area contributed by atoms with Crippen molar-refractivity contribution in [1.82, 2.24) is 4.98 Å². The van der Waals surface area contributed by atoms with Crippen LogP contribution < -0.4 is 19.7 Å². The fourth-order valence-corrected chi connectivity index (χ4v) is 4.39. The molecule has 1 aliphatic heterocycles. The molecule has 39 heavy (non-hydrogen) atoms. The lowest BCUT2D eigenvalue weighted by atomic mass is 9.98. The Bertz CT molecular complexity index is 1380. The molecule has 1 fully saturated rings. The number of para-hydroxylation sites is 1. The summed E-state index contributed by atoms with van der Waals surface area (Å²) >= 11 is 0. The standard InChI is InChI=1S/C31H29N3O5/c35-30(23-6-13-28(14-7-23)39-27-4-2-1-3-5-27)33-25-10-15-29(32-20-25)34-18-16-22(17-19-34)21-38-26-11-8-24(9-12-26)31(36)37/h1-15,20,22H,16-19,21H2,(H,33,35)(H,36,37). The van der Waals surface area contributed by atoms with Gasteiger partial charge in [-0.25, -0.2) is 9.78 Å². The molecule has 1 aromatic heterocycles. The third-order valence-electron chi connectivity index (χ3n) is 6.63. The summed E-state index contributed by atoms with van der Waals surface area (Å²) in [5, 5.41) is 11.9. The van der Waals surface area contributed by atoms with Crippen LogP contribution in [0.3, 0.4) is 0 Å². The van der Waals surface area contributed by atoms with Crippen LogP contribution in [-0.2, 0) is 0 Å². The highest BCUT2D eigenvalue weighted by molar-refractivity contribution is 6.04. The van der Waals surface area contributed by atoms with Crippen molar-refractivity contribution in [3.05, 3.63) is 108 Å². The molecule has 0 unspecified atom stereocenters. The zero-order chi connectivity index (χ0) is 27.0. The van der Waals surface area contributed by atoms with Crippen LogP contribution in [0.1, 0.15) is 33.6 Å². The van der Waals surface area contributed by atoms with Crippen LogP contribution in [0.4, 0.5) is 11.5 Å². The van der Waals surface area contributed by atoms with E-state index in [2.05, 4.69) is 15.2 Å². The van der Waals surface area contributed by atoms with Gasteiger partial charge in [-0.1, -0.05) is 18.2 Å². The number of piperidine rings is 1. The van der Waals surface area contributed by atoms with Crippen molar-refractivity contribution >= 4 is 23.4 Å². The van der Waals surface area contributed by atoms with Gasteiger partial charge in [-0.05, 0) is 91.6 Å². The van der Waals surface area contributed by atoms with Crippen molar-refractivity contribution in [1.29, 1.82) is 0 Å². The lowest BCUT2D eigenvalue weighted by molar-refractivity contribution is 0.0696. The average Bonchev–Trinajstić information content (AvgIpc) is 2.98. The molecule has 0 aliphatic carbocycles. The van der Waals surface area contributed by atoms with Crippen molar-refractivity contribution in [3.63, 3.8) is 0 Å². The summed E-state index contributed by atoms with van der Waals surface area (Å²) in [6.07, 6.45) is 3.62. The molecule has 5 rings (SSSR count). The van der Waals surface area contributed by atoms with Crippen LogP contribution in [0.2, 0.25) is 0 Å². The first-order valence-corrected chi connectivity index (χ1v) is 12.8. The van der Waals surface area contributed by atoms with Crippen LogP contribution in [0.25, 0.3) is 0 Å². The molecule has 0 bridgehead atoms. The molecule has 2 N–H and O–H groups in total. The number of hydrogen-bond donors (Lipinski definition) is 2. The van der Waals surface area contributed by atoms with E-state index in [1.165, 1.54) is 0 Å². The number of carboxylic acids is 1. The third kappa shape index (κ3) is 6.93. The van der Waals surface area contributed by atoms with Crippen LogP contribution in [0.15, 0.2) is 97.2 Å². The van der Waals surface area contributed by atoms with Gasteiger partial charge in [-0.15, -0.1) is 0 Å². The fourth-order valence-electron chi connectivity index (χ4n) is 4.39. The van der Waals surface area contributed by atoms with Crippen LogP contribution in [0, 0.1) is 5.92 Å². The Morgan fingerprint density at radius 2 is 1.46 bits per heavy atom. The number of rotatable bonds is 9. The Morgan fingerprint density at radius 3 is 2.10 bits per heavy atom. The number of aromatic nitrogens is 1. The van der Waals surface area contributed by atoms with E-state index in [-0.39, 0.29) is 11.5 Å². The molecule has 8 nitrogen and oxygen atoms in total. The molecular formula is C31H29N3O5. The molecule has 0 spiro atoms. The van der Waals surface area contributed by atoms with E-state index in [0.29, 0.717) is 35.3 Å². The normalized spacial score (nSPS) is 13.5. The summed E-state index contributed by atoms with van der Waals surface area (Å²) in [5.74, 6) is 2.21. The maximum absolute atomic E-state index is 12.7. The highest BCUT2D eigenvalue weighted by atomic mass is 16.5. The van der Waals surface area contributed by atoms with Crippen molar-refractivity contribution in [3.8, 4) is 17.2 Å². The fraction of sp³-hybridized carbons (Fsp3) is 0.194. The van der Waals surface area contributed by atoms with Crippen molar-refractivity contribution in [2.24, 2.45) is 5.92 Å². The van der Waals surface area contributed by atoms with Crippen molar-refractivity contribution in [2.45, 2.75) is 12.8 Å². The second-order valence-electron chi connectivity index (χ2n) is 9.37. The van der Waals surface area contributed by atoms with Gasteiger partial charge < -0.3 is 24.8 Å². The minimum absolute atomic E-state index is 0.214. The highest BCUT2D eigenvalue weighted by Gasteiger charge is 2.21. The average molecular weight is 524 g/mol. The van der Waals surface area contributed by atoms with Gasteiger partial charge >= 0.3 is 5.97 Å². The second-order valence-corrected chi connectivity index (χ2v) is 9.37. The molecule has 0 saturated carbocycles. The summed E-state index contributed by atoms with van der Waals surface area (Å²) in [5.41, 5.74) is 1.41. The van der Waals surface area contributed by atoms with Gasteiger partial charge in [0.2, 0.25) is 0 Å². The minimum atomic E-state index is -0.946. The topological polar surface area (TPSA) is 101 Å². The molecule has 4 aromatic rings. The van der Waals surface area contributed by atoms with Crippen LogP contribution in [0.5, 0.6) is 17.2 Å². The Balaban J connectivity index is 1.07. The van der Waals surface area contributed by atoms with E-state index in [1.807, 2.05) is 42.5 Å². The lowest BCUT2D eigenvalue weighted by Crippen LogP contribution is -2.36. The van der Waals surface area contributed by atoms with Gasteiger partial charge in [0.25, 0.3) is 5.91 Å². The number of benzene rings is 3. The van der Waals surface area contributed by atoms with Crippen molar-refractivity contribution in [2.75, 3.05) is 29.9 Å². The largest absolute Gasteiger partial charge is 0.493 e. The highest BCUT2D eigenvalue weighted by Crippen LogP contribution is 2.25. The first-order valence-electron chi connectivity index (χ1n) is 12.8. The van der Waals surface area contributed by atoms with E-state index >= 15 is 0 Å².